The maximum atomic E-state index is 11.7. The third-order valence-corrected chi connectivity index (χ3v) is 1.53. The summed E-state index contributed by atoms with van der Waals surface area (Å²) in [5.41, 5.74) is 0. The first kappa shape index (κ1) is 9.12. The molecule has 5 heteroatoms. The maximum Gasteiger partial charge on any atom is 0.573 e. The molecule has 0 bridgehead atoms. The minimum absolute atomic E-state index is 0.235. The highest BCUT2D eigenvalue weighted by molar-refractivity contribution is 6.34. The highest BCUT2D eigenvalue weighted by atomic mass is 28.1. The van der Waals surface area contributed by atoms with E-state index in [9.17, 15) is 13.2 Å². The van der Waals surface area contributed by atoms with Crippen LogP contribution in [0.2, 0.25) is 0 Å². The maximum absolute atomic E-state index is 11.7. The molecule has 0 spiro atoms. The Bertz CT molecular complexity index is 272. The molecule has 0 aliphatic heterocycles. The SMILES string of the molecule is FC(F)(F)Oc1ccccc1[Si]. The number of hydrogen-bond donors (Lipinski definition) is 0. The van der Waals surface area contributed by atoms with Crippen molar-refractivity contribution in [3.63, 3.8) is 0 Å². The lowest BCUT2D eigenvalue weighted by Crippen LogP contribution is -2.21. The molecule has 0 unspecified atom stereocenters. The van der Waals surface area contributed by atoms with Crippen LogP contribution in [0.5, 0.6) is 5.75 Å². The van der Waals surface area contributed by atoms with Crippen molar-refractivity contribution >= 4 is 15.4 Å². The Labute approximate surface area is 70.6 Å². The van der Waals surface area contributed by atoms with Crippen LogP contribution >= 0.6 is 0 Å². The summed E-state index contributed by atoms with van der Waals surface area (Å²) in [5, 5.41) is 0.273. The Kier molecular flexibility index (Phi) is 2.42. The average Bonchev–Trinajstić information content (AvgIpc) is 1.91. The lowest BCUT2D eigenvalue weighted by molar-refractivity contribution is -0.274. The van der Waals surface area contributed by atoms with Gasteiger partial charge in [0.15, 0.2) is 0 Å². The van der Waals surface area contributed by atoms with Crippen LogP contribution < -0.4 is 9.92 Å². The molecule has 63 valence electrons. The van der Waals surface area contributed by atoms with Crippen LogP contribution in [-0.4, -0.2) is 16.6 Å². The van der Waals surface area contributed by atoms with Crippen molar-refractivity contribution in [3.05, 3.63) is 24.3 Å². The fourth-order valence-electron chi connectivity index (χ4n) is 0.680. The first-order valence-corrected chi connectivity index (χ1v) is 3.55. The molecular weight excluding hydrogens is 185 g/mol. The van der Waals surface area contributed by atoms with Gasteiger partial charge in [-0.1, -0.05) is 18.2 Å². The molecule has 0 saturated carbocycles. The van der Waals surface area contributed by atoms with Crippen molar-refractivity contribution in [3.8, 4) is 5.75 Å². The second-order valence-electron chi connectivity index (χ2n) is 2.04. The molecular formula is C7H4F3OSi. The molecule has 0 aliphatic carbocycles. The predicted octanol–water partition coefficient (Wildman–Crippen LogP) is 1.38. The monoisotopic (exact) mass is 189 g/mol. The molecule has 0 N–H and O–H groups in total. The van der Waals surface area contributed by atoms with Gasteiger partial charge in [0.1, 0.15) is 5.75 Å². The number of ether oxygens (including phenoxy) is 1. The second kappa shape index (κ2) is 3.18. The molecule has 0 heterocycles. The molecule has 1 aromatic rings. The van der Waals surface area contributed by atoms with Crippen molar-refractivity contribution < 1.29 is 17.9 Å². The van der Waals surface area contributed by atoms with E-state index in [2.05, 4.69) is 15.0 Å². The number of hydrogen-bond acceptors (Lipinski definition) is 1. The lowest BCUT2D eigenvalue weighted by Gasteiger charge is -2.10. The number of halogens is 3. The van der Waals surface area contributed by atoms with E-state index in [1.54, 1.807) is 6.07 Å². The zero-order valence-electron chi connectivity index (χ0n) is 5.85. The summed E-state index contributed by atoms with van der Waals surface area (Å²) in [6.45, 7) is 0. The average molecular weight is 189 g/mol. The van der Waals surface area contributed by atoms with E-state index in [-0.39, 0.29) is 10.9 Å². The van der Waals surface area contributed by atoms with E-state index in [4.69, 9.17) is 0 Å². The predicted molar refractivity (Wildman–Crippen MR) is 38.5 cm³/mol. The van der Waals surface area contributed by atoms with Crippen LogP contribution in [0.4, 0.5) is 13.2 Å². The van der Waals surface area contributed by atoms with Crippen LogP contribution in [-0.2, 0) is 0 Å². The van der Waals surface area contributed by atoms with Crippen LogP contribution in [0.25, 0.3) is 0 Å². The standard InChI is InChI=1S/C7H4F3OSi/c8-7(9,10)11-5-3-1-2-4-6(5)12/h1-4H. The molecule has 0 atom stereocenters. The minimum atomic E-state index is -4.64. The number of benzene rings is 1. The van der Waals surface area contributed by atoms with Gasteiger partial charge in [0.2, 0.25) is 0 Å². The molecule has 0 saturated heterocycles. The Morgan fingerprint density at radius 3 is 2.25 bits per heavy atom. The molecule has 1 aromatic carbocycles. The summed E-state index contributed by atoms with van der Waals surface area (Å²) in [5.74, 6) is -0.235. The van der Waals surface area contributed by atoms with Crippen molar-refractivity contribution in [2.45, 2.75) is 6.36 Å². The van der Waals surface area contributed by atoms with Crippen molar-refractivity contribution in [1.29, 1.82) is 0 Å². The Morgan fingerprint density at radius 2 is 1.75 bits per heavy atom. The van der Waals surface area contributed by atoms with Gasteiger partial charge in [0, 0.05) is 0 Å². The third-order valence-electron chi connectivity index (χ3n) is 1.11. The Hall–Kier alpha value is -0.973. The minimum Gasteiger partial charge on any atom is -0.406 e. The summed E-state index contributed by atoms with van der Waals surface area (Å²) in [6, 6.07) is 5.77. The van der Waals surface area contributed by atoms with Crippen LogP contribution in [0, 0.1) is 0 Å². The zero-order valence-corrected chi connectivity index (χ0v) is 6.85. The van der Waals surface area contributed by atoms with E-state index < -0.39 is 6.36 Å². The van der Waals surface area contributed by atoms with Gasteiger partial charge in [-0.2, -0.15) is 0 Å². The Morgan fingerprint density at radius 1 is 1.17 bits per heavy atom. The zero-order chi connectivity index (χ0) is 9.19. The highest BCUT2D eigenvalue weighted by Crippen LogP contribution is 2.19. The van der Waals surface area contributed by atoms with E-state index >= 15 is 0 Å². The van der Waals surface area contributed by atoms with E-state index in [1.165, 1.54) is 18.2 Å². The van der Waals surface area contributed by atoms with Gasteiger partial charge in [-0.25, -0.2) is 0 Å². The van der Waals surface area contributed by atoms with E-state index in [0.717, 1.165) is 0 Å². The van der Waals surface area contributed by atoms with Gasteiger partial charge in [-0.15, -0.1) is 13.2 Å². The molecule has 0 aliphatic rings. The largest absolute Gasteiger partial charge is 0.573 e. The summed E-state index contributed by atoms with van der Waals surface area (Å²) >= 11 is 0. The molecule has 1 nitrogen and oxygen atoms in total. The van der Waals surface area contributed by atoms with Gasteiger partial charge in [-0.3, -0.25) is 0 Å². The molecule has 0 amide bonds. The van der Waals surface area contributed by atoms with Gasteiger partial charge in [0.05, 0.1) is 10.2 Å². The molecule has 0 fully saturated rings. The normalized spacial score (nSPS) is 11.3. The van der Waals surface area contributed by atoms with Crippen LogP contribution in [0.3, 0.4) is 0 Å². The summed E-state index contributed by atoms with van der Waals surface area (Å²) in [7, 11) is 2.97. The van der Waals surface area contributed by atoms with Gasteiger partial charge >= 0.3 is 6.36 Å². The van der Waals surface area contributed by atoms with Gasteiger partial charge in [0.25, 0.3) is 0 Å². The lowest BCUT2D eigenvalue weighted by atomic mass is 10.3. The molecule has 12 heavy (non-hydrogen) atoms. The first-order chi connectivity index (χ1) is 5.49. The topological polar surface area (TPSA) is 9.23 Å². The Balaban J connectivity index is 2.83. The van der Waals surface area contributed by atoms with Crippen molar-refractivity contribution in [2.75, 3.05) is 0 Å². The second-order valence-corrected chi connectivity index (χ2v) is 2.58. The van der Waals surface area contributed by atoms with Crippen molar-refractivity contribution in [1.82, 2.24) is 0 Å². The van der Waals surface area contributed by atoms with E-state index in [1.807, 2.05) is 0 Å². The number of alkyl halides is 3. The third kappa shape index (κ3) is 2.58. The fraction of sp³-hybridized carbons (Fsp3) is 0.143. The number of rotatable bonds is 1. The number of para-hydroxylation sites is 1. The smallest absolute Gasteiger partial charge is 0.406 e. The molecule has 1 rings (SSSR count). The summed E-state index contributed by atoms with van der Waals surface area (Å²) in [4.78, 5) is 0. The summed E-state index contributed by atoms with van der Waals surface area (Å²) in [6.07, 6.45) is -4.64. The van der Waals surface area contributed by atoms with Crippen molar-refractivity contribution in [2.24, 2.45) is 0 Å². The quantitative estimate of drug-likeness (QED) is 0.606. The van der Waals surface area contributed by atoms with Gasteiger partial charge in [-0.05, 0) is 11.3 Å². The summed E-state index contributed by atoms with van der Waals surface area (Å²) < 4.78 is 38.7. The molecule has 3 radical (unpaired) electrons. The highest BCUT2D eigenvalue weighted by Gasteiger charge is 2.31. The molecule has 0 aromatic heterocycles. The van der Waals surface area contributed by atoms with Gasteiger partial charge < -0.3 is 4.74 Å². The van der Waals surface area contributed by atoms with Crippen LogP contribution in [0.1, 0.15) is 0 Å². The first-order valence-electron chi connectivity index (χ1n) is 3.05. The van der Waals surface area contributed by atoms with E-state index in [0.29, 0.717) is 0 Å². The van der Waals surface area contributed by atoms with Crippen LogP contribution in [0.15, 0.2) is 24.3 Å². The fourth-order valence-corrected chi connectivity index (χ4v) is 0.911.